The van der Waals surface area contributed by atoms with E-state index in [9.17, 15) is 9.59 Å². The van der Waals surface area contributed by atoms with Crippen molar-refractivity contribution in [2.75, 3.05) is 6.54 Å². The van der Waals surface area contributed by atoms with Crippen LogP contribution in [0.2, 0.25) is 0 Å². The highest BCUT2D eigenvalue weighted by Crippen LogP contribution is 2.04. The van der Waals surface area contributed by atoms with Crippen LogP contribution in [0.15, 0.2) is 0 Å². The normalized spacial score (nSPS) is 9.79. The average Bonchev–Trinajstić information content (AvgIpc) is 2.18. The van der Waals surface area contributed by atoms with E-state index in [1.807, 2.05) is 0 Å². The molecule has 0 heterocycles. The van der Waals surface area contributed by atoms with Gasteiger partial charge in [-0.1, -0.05) is 32.6 Å². The Morgan fingerprint density at radius 3 is 2.57 bits per heavy atom. The van der Waals surface area contributed by atoms with Crippen LogP contribution in [0.1, 0.15) is 51.9 Å². The van der Waals surface area contributed by atoms with Crippen LogP contribution in [0, 0.1) is 0 Å². The molecule has 0 fully saturated rings. The Balaban J connectivity index is 3.14. The van der Waals surface area contributed by atoms with E-state index in [1.165, 1.54) is 19.3 Å². The van der Waals surface area contributed by atoms with Crippen molar-refractivity contribution >= 4 is 12.2 Å². The highest BCUT2D eigenvalue weighted by Gasteiger charge is 1.99. The summed E-state index contributed by atoms with van der Waals surface area (Å²) in [6.45, 7) is 2.66. The molecular weight excluding hydrogens is 178 g/mol. The van der Waals surface area contributed by atoms with Gasteiger partial charge in [0.25, 0.3) is 0 Å². The van der Waals surface area contributed by atoms with Crippen LogP contribution >= 0.6 is 0 Å². The van der Waals surface area contributed by atoms with Crippen molar-refractivity contribution < 1.29 is 9.59 Å². The van der Waals surface area contributed by atoms with E-state index in [0.29, 0.717) is 19.4 Å². The molecule has 3 nitrogen and oxygen atoms in total. The third-order valence-corrected chi connectivity index (χ3v) is 2.09. The van der Waals surface area contributed by atoms with Crippen molar-refractivity contribution in [2.24, 2.45) is 0 Å². The van der Waals surface area contributed by atoms with Crippen LogP contribution < -0.4 is 5.32 Å². The highest BCUT2D eigenvalue weighted by atomic mass is 16.1. The summed E-state index contributed by atoms with van der Waals surface area (Å²) in [7, 11) is 0. The largest absolute Gasteiger partial charge is 0.356 e. The first-order valence-corrected chi connectivity index (χ1v) is 5.51. The second-order valence-corrected chi connectivity index (χ2v) is 3.47. The van der Waals surface area contributed by atoms with Crippen LogP contribution in [-0.2, 0) is 9.59 Å². The Kier molecular flexibility index (Phi) is 9.59. The molecule has 0 aromatic heterocycles. The summed E-state index contributed by atoms with van der Waals surface area (Å²) in [6, 6.07) is 0. The van der Waals surface area contributed by atoms with E-state index in [4.69, 9.17) is 0 Å². The van der Waals surface area contributed by atoms with E-state index < -0.39 is 0 Å². The lowest BCUT2D eigenvalue weighted by molar-refractivity contribution is -0.121. The molecule has 0 saturated heterocycles. The Labute approximate surface area is 86.3 Å². The molecule has 82 valence electrons. The van der Waals surface area contributed by atoms with Crippen molar-refractivity contribution in [1.29, 1.82) is 0 Å². The van der Waals surface area contributed by atoms with Gasteiger partial charge >= 0.3 is 0 Å². The SMILES string of the molecule is CCCCCCCC(=O)NCCC=O. The molecule has 1 amide bonds. The Morgan fingerprint density at radius 2 is 1.93 bits per heavy atom. The van der Waals surface area contributed by atoms with Crippen molar-refractivity contribution in [3.63, 3.8) is 0 Å². The Morgan fingerprint density at radius 1 is 1.21 bits per heavy atom. The topological polar surface area (TPSA) is 46.2 Å². The van der Waals surface area contributed by atoms with Crippen LogP contribution in [0.3, 0.4) is 0 Å². The van der Waals surface area contributed by atoms with Gasteiger partial charge in [0.2, 0.25) is 5.91 Å². The van der Waals surface area contributed by atoms with E-state index in [1.54, 1.807) is 0 Å². The van der Waals surface area contributed by atoms with E-state index in [-0.39, 0.29) is 5.91 Å². The zero-order valence-electron chi connectivity index (χ0n) is 9.05. The minimum absolute atomic E-state index is 0.0725. The van der Waals surface area contributed by atoms with Gasteiger partial charge in [0, 0.05) is 19.4 Å². The number of hydrogen-bond acceptors (Lipinski definition) is 2. The van der Waals surface area contributed by atoms with Crippen molar-refractivity contribution in [3.05, 3.63) is 0 Å². The van der Waals surface area contributed by atoms with Crippen LogP contribution in [0.5, 0.6) is 0 Å². The monoisotopic (exact) mass is 199 g/mol. The molecular formula is C11H21NO2. The smallest absolute Gasteiger partial charge is 0.220 e. The molecule has 0 radical (unpaired) electrons. The van der Waals surface area contributed by atoms with Crippen molar-refractivity contribution in [1.82, 2.24) is 5.32 Å². The molecule has 0 aliphatic rings. The molecule has 14 heavy (non-hydrogen) atoms. The van der Waals surface area contributed by atoms with E-state index >= 15 is 0 Å². The van der Waals surface area contributed by atoms with Gasteiger partial charge in [-0.25, -0.2) is 0 Å². The number of amides is 1. The number of carbonyl (C=O) groups excluding carboxylic acids is 2. The fourth-order valence-electron chi connectivity index (χ4n) is 1.25. The van der Waals surface area contributed by atoms with Gasteiger partial charge in [0.15, 0.2) is 0 Å². The zero-order valence-corrected chi connectivity index (χ0v) is 9.05. The standard InChI is InChI=1S/C11H21NO2/c1-2-3-4-5-6-8-11(14)12-9-7-10-13/h10H,2-9H2,1H3,(H,12,14). The first-order chi connectivity index (χ1) is 6.81. The predicted octanol–water partition coefficient (Wildman–Crippen LogP) is 2.05. The molecule has 0 spiro atoms. The number of aldehydes is 1. The molecule has 0 aliphatic heterocycles. The van der Waals surface area contributed by atoms with Gasteiger partial charge < -0.3 is 10.1 Å². The lowest BCUT2D eigenvalue weighted by atomic mass is 10.1. The quantitative estimate of drug-likeness (QED) is 0.456. The maximum absolute atomic E-state index is 11.1. The van der Waals surface area contributed by atoms with Gasteiger partial charge in [0.1, 0.15) is 6.29 Å². The molecule has 0 rings (SSSR count). The lowest BCUT2D eigenvalue weighted by Gasteiger charge is -2.02. The minimum Gasteiger partial charge on any atom is -0.356 e. The Hall–Kier alpha value is -0.860. The summed E-state index contributed by atoms with van der Waals surface area (Å²) in [5.41, 5.74) is 0. The second kappa shape index (κ2) is 10.2. The van der Waals surface area contributed by atoms with Crippen LogP contribution in [0.4, 0.5) is 0 Å². The number of rotatable bonds is 9. The molecule has 0 atom stereocenters. The summed E-state index contributed by atoms with van der Waals surface area (Å²) >= 11 is 0. The van der Waals surface area contributed by atoms with Gasteiger partial charge in [-0.2, -0.15) is 0 Å². The van der Waals surface area contributed by atoms with Gasteiger partial charge in [-0.15, -0.1) is 0 Å². The average molecular weight is 199 g/mol. The number of carbonyl (C=O) groups is 2. The van der Waals surface area contributed by atoms with Crippen LogP contribution in [0.25, 0.3) is 0 Å². The maximum Gasteiger partial charge on any atom is 0.220 e. The maximum atomic E-state index is 11.1. The third kappa shape index (κ3) is 9.23. The van der Waals surface area contributed by atoms with Crippen molar-refractivity contribution in [3.8, 4) is 0 Å². The summed E-state index contributed by atoms with van der Waals surface area (Å²) < 4.78 is 0. The summed E-state index contributed by atoms with van der Waals surface area (Å²) in [5.74, 6) is 0.0725. The number of hydrogen-bond donors (Lipinski definition) is 1. The highest BCUT2D eigenvalue weighted by molar-refractivity contribution is 5.76. The minimum atomic E-state index is 0.0725. The summed E-state index contributed by atoms with van der Waals surface area (Å²) in [4.78, 5) is 21.1. The first-order valence-electron chi connectivity index (χ1n) is 5.51. The molecule has 3 heteroatoms. The van der Waals surface area contributed by atoms with E-state index in [0.717, 1.165) is 19.1 Å². The first kappa shape index (κ1) is 13.1. The van der Waals surface area contributed by atoms with Gasteiger partial charge in [0.05, 0.1) is 0 Å². The summed E-state index contributed by atoms with van der Waals surface area (Å²) in [6.07, 6.45) is 7.64. The number of unbranched alkanes of at least 4 members (excludes halogenated alkanes) is 4. The van der Waals surface area contributed by atoms with Crippen molar-refractivity contribution in [2.45, 2.75) is 51.9 Å². The molecule has 0 bridgehead atoms. The molecule has 0 unspecified atom stereocenters. The molecule has 1 N–H and O–H groups in total. The molecule has 0 aliphatic carbocycles. The third-order valence-electron chi connectivity index (χ3n) is 2.09. The lowest BCUT2D eigenvalue weighted by Crippen LogP contribution is -2.24. The summed E-state index contributed by atoms with van der Waals surface area (Å²) in [5, 5.41) is 2.70. The second-order valence-electron chi connectivity index (χ2n) is 3.47. The molecule has 0 aromatic carbocycles. The fourth-order valence-corrected chi connectivity index (χ4v) is 1.25. The molecule has 0 aromatic rings. The number of nitrogens with one attached hydrogen (secondary N) is 1. The van der Waals surface area contributed by atoms with Gasteiger partial charge in [-0.3, -0.25) is 4.79 Å². The van der Waals surface area contributed by atoms with Crippen LogP contribution in [-0.4, -0.2) is 18.7 Å². The Bertz CT molecular complexity index is 157. The van der Waals surface area contributed by atoms with E-state index in [2.05, 4.69) is 12.2 Å². The molecule has 0 saturated carbocycles. The van der Waals surface area contributed by atoms with Gasteiger partial charge in [-0.05, 0) is 6.42 Å². The predicted molar refractivity (Wildman–Crippen MR) is 57.1 cm³/mol. The zero-order chi connectivity index (χ0) is 10.6. The fraction of sp³-hybridized carbons (Fsp3) is 0.818.